The van der Waals surface area contributed by atoms with Gasteiger partial charge in [0.05, 0.1) is 6.26 Å². The third-order valence-corrected chi connectivity index (χ3v) is 2.75. The molecule has 0 saturated carbocycles. The molecule has 0 fully saturated rings. The van der Waals surface area contributed by atoms with Crippen molar-refractivity contribution in [1.29, 1.82) is 0 Å². The number of hydrogen-bond acceptors (Lipinski definition) is 5. The summed E-state index contributed by atoms with van der Waals surface area (Å²) in [5, 5.41) is 4.28. The molecule has 0 spiro atoms. The van der Waals surface area contributed by atoms with E-state index in [2.05, 4.69) is 21.6 Å². The highest BCUT2D eigenvalue weighted by atomic mass is 16.3. The molecular weight excluding hydrogens is 242 g/mol. The molecule has 0 aliphatic heterocycles. The van der Waals surface area contributed by atoms with Gasteiger partial charge in [0.15, 0.2) is 11.4 Å². The molecule has 2 N–H and O–H groups in total. The number of anilines is 1. The summed E-state index contributed by atoms with van der Waals surface area (Å²) in [6.07, 6.45) is 5.06. The van der Waals surface area contributed by atoms with Crippen LogP contribution in [0.15, 0.2) is 41.5 Å². The van der Waals surface area contributed by atoms with Gasteiger partial charge in [-0.2, -0.15) is 4.52 Å². The lowest BCUT2D eigenvalue weighted by atomic mass is 10.2. The van der Waals surface area contributed by atoms with Gasteiger partial charge in [-0.05, 0) is 25.0 Å². The van der Waals surface area contributed by atoms with E-state index < -0.39 is 0 Å². The normalized spacial score (nSPS) is 10.9. The van der Waals surface area contributed by atoms with Crippen molar-refractivity contribution in [1.82, 2.24) is 19.6 Å². The van der Waals surface area contributed by atoms with Crippen molar-refractivity contribution < 1.29 is 4.42 Å². The molecule has 0 aliphatic carbocycles. The van der Waals surface area contributed by atoms with Crippen LogP contribution in [0.1, 0.15) is 12.1 Å². The van der Waals surface area contributed by atoms with Gasteiger partial charge in [-0.1, -0.05) is 6.08 Å². The Morgan fingerprint density at radius 2 is 2.32 bits per heavy atom. The Hall–Kier alpha value is -2.63. The molecule has 3 heterocycles. The van der Waals surface area contributed by atoms with Crippen LogP contribution < -0.4 is 5.73 Å². The molecule has 0 saturated heterocycles. The van der Waals surface area contributed by atoms with E-state index in [0.29, 0.717) is 23.2 Å². The molecule has 0 aromatic carbocycles. The Bertz CT molecular complexity index is 714. The van der Waals surface area contributed by atoms with E-state index in [1.165, 1.54) is 4.52 Å². The number of rotatable bonds is 4. The van der Waals surface area contributed by atoms with Gasteiger partial charge < -0.3 is 10.2 Å². The minimum absolute atomic E-state index is 0.321. The van der Waals surface area contributed by atoms with Crippen LogP contribution in [0.5, 0.6) is 0 Å². The predicted octanol–water partition coefficient (Wildman–Crippen LogP) is 2.09. The zero-order valence-electron chi connectivity index (χ0n) is 10.3. The molecule has 0 atom stereocenters. The molecule has 6 nitrogen and oxygen atoms in total. The van der Waals surface area contributed by atoms with Gasteiger partial charge >= 0.3 is 0 Å². The molecule has 0 bridgehead atoms. The van der Waals surface area contributed by atoms with Gasteiger partial charge in [-0.25, -0.2) is 9.97 Å². The quantitative estimate of drug-likeness (QED) is 0.722. The second kappa shape index (κ2) is 4.56. The lowest BCUT2D eigenvalue weighted by molar-refractivity contribution is 0.577. The maximum Gasteiger partial charge on any atom is 0.223 e. The number of nitrogen functional groups attached to an aromatic ring is 1. The maximum atomic E-state index is 5.89. The first-order valence-corrected chi connectivity index (χ1v) is 5.95. The highest BCUT2D eigenvalue weighted by Gasteiger charge is 2.12. The Labute approximate surface area is 109 Å². The summed E-state index contributed by atoms with van der Waals surface area (Å²) in [5.74, 6) is 1.43. The number of aryl methyl sites for hydroxylation is 1. The number of fused-ring (bicyclic) bond motifs is 1. The Morgan fingerprint density at radius 1 is 1.42 bits per heavy atom. The van der Waals surface area contributed by atoms with Gasteiger partial charge in [-0.15, -0.1) is 11.7 Å². The standard InChI is InChI=1S/C13H13N5O/c1-2-3-5-9-8-11-16-12(10-6-4-7-19-10)17-18(11)13(14)15-9/h2,4,6-8H,1,3,5H2,(H2,14,15). The van der Waals surface area contributed by atoms with Crippen LogP contribution in [0, 0.1) is 0 Å². The average Bonchev–Trinajstić information content (AvgIpc) is 3.04. The fraction of sp³-hybridized carbons (Fsp3) is 0.154. The summed E-state index contributed by atoms with van der Waals surface area (Å²) >= 11 is 0. The maximum absolute atomic E-state index is 5.89. The van der Waals surface area contributed by atoms with Gasteiger partial charge in [0.1, 0.15) is 0 Å². The molecule has 3 aromatic rings. The van der Waals surface area contributed by atoms with Crippen LogP contribution in [-0.4, -0.2) is 19.6 Å². The fourth-order valence-corrected chi connectivity index (χ4v) is 1.85. The summed E-state index contributed by atoms with van der Waals surface area (Å²) in [5.41, 5.74) is 7.43. The minimum Gasteiger partial charge on any atom is -0.461 e. The van der Waals surface area contributed by atoms with E-state index in [0.717, 1.165) is 18.5 Å². The second-order valence-corrected chi connectivity index (χ2v) is 4.12. The van der Waals surface area contributed by atoms with Crippen molar-refractivity contribution in [3.63, 3.8) is 0 Å². The highest BCUT2D eigenvalue weighted by Crippen LogP contribution is 2.18. The Kier molecular flexibility index (Phi) is 2.75. The van der Waals surface area contributed by atoms with Crippen LogP contribution in [0.25, 0.3) is 17.2 Å². The van der Waals surface area contributed by atoms with E-state index in [1.54, 1.807) is 18.4 Å². The van der Waals surface area contributed by atoms with E-state index in [-0.39, 0.29) is 0 Å². The van der Waals surface area contributed by atoms with Crippen LogP contribution in [0.4, 0.5) is 5.95 Å². The van der Waals surface area contributed by atoms with Gasteiger partial charge in [0, 0.05) is 11.8 Å². The van der Waals surface area contributed by atoms with Gasteiger partial charge in [-0.3, -0.25) is 0 Å². The SMILES string of the molecule is C=CCCc1cc2nc(-c3ccco3)nn2c(N)n1. The third-order valence-electron chi connectivity index (χ3n) is 2.75. The molecule has 0 amide bonds. The van der Waals surface area contributed by atoms with Crippen molar-refractivity contribution in [3.05, 3.63) is 42.8 Å². The van der Waals surface area contributed by atoms with Crippen molar-refractivity contribution in [2.24, 2.45) is 0 Å². The third kappa shape index (κ3) is 2.08. The van der Waals surface area contributed by atoms with E-state index in [4.69, 9.17) is 10.2 Å². The lowest BCUT2D eigenvalue weighted by Crippen LogP contribution is -2.04. The molecule has 0 aliphatic rings. The molecule has 6 heteroatoms. The largest absolute Gasteiger partial charge is 0.461 e. The highest BCUT2D eigenvalue weighted by molar-refractivity contribution is 5.54. The number of hydrogen-bond donors (Lipinski definition) is 1. The minimum atomic E-state index is 0.321. The second-order valence-electron chi connectivity index (χ2n) is 4.12. The summed E-state index contributed by atoms with van der Waals surface area (Å²) in [4.78, 5) is 8.69. The first-order chi connectivity index (χ1) is 9.28. The summed E-state index contributed by atoms with van der Waals surface area (Å²) in [6, 6.07) is 5.47. The number of nitrogens with zero attached hydrogens (tertiary/aromatic N) is 4. The van der Waals surface area contributed by atoms with E-state index in [9.17, 15) is 0 Å². The zero-order chi connectivity index (χ0) is 13.2. The first-order valence-electron chi connectivity index (χ1n) is 5.95. The molecule has 96 valence electrons. The average molecular weight is 255 g/mol. The van der Waals surface area contributed by atoms with Crippen molar-refractivity contribution in [3.8, 4) is 11.6 Å². The topological polar surface area (TPSA) is 82.2 Å². The monoisotopic (exact) mass is 255 g/mol. The molecule has 0 radical (unpaired) electrons. The number of nitrogens with two attached hydrogens (primary N) is 1. The van der Waals surface area contributed by atoms with Crippen molar-refractivity contribution in [2.45, 2.75) is 12.8 Å². The predicted molar refractivity (Wildman–Crippen MR) is 71.4 cm³/mol. The summed E-state index contributed by atoms with van der Waals surface area (Å²) < 4.78 is 6.78. The molecule has 3 rings (SSSR count). The van der Waals surface area contributed by atoms with Gasteiger partial charge in [0.25, 0.3) is 0 Å². The molecule has 0 unspecified atom stereocenters. The van der Waals surface area contributed by atoms with Crippen LogP contribution in [-0.2, 0) is 6.42 Å². The van der Waals surface area contributed by atoms with Crippen LogP contribution in [0.2, 0.25) is 0 Å². The van der Waals surface area contributed by atoms with Crippen molar-refractivity contribution >= 4 is 11.6 Å². The smallest absolute Gasteiger partial charge is 0.223 e. The number of allylic oxidation sites excluding steroid dienone is 1. The van der Waals surface area contributed by atoms with Gasteiger partial charge in [0.2, 0.25) is 11.8 Å². The Morgan fingerprint density at radius 3 is 3.05 bits per heavy atom. The number of furan rings is 1. The summed E-state index contributed by atoms with van der Waals surface area (Å²) in [6.45, 7) is 3.69. The first kappa shape index (κ1) is 11.5. The van der Waals surface area contributed by atoms with E-state index >= 15 is 0 Å². The zero-order valence-corrected chi connectivity index (χ0v) is 10.3. The van der Waals surface area contributed by atoms with Crippen LogP contribution >= 0.6 is 0 Å². The fourth-order valence-electron chi connectivity index (χ4n) is 1.85. The molecular formula is C13H13N5O. The van der Waals surface area contributed by atoms with Crippen molar-refractivity contribution in [2.75, 3.05) is 5.73 Å². The van der Waals surface area contributed by atoms with Crippen LogP contribution in [0.3, 0.4) is 0 Å². The molecule has 3 aromatic heterocycles. The van der Waals surface area contributed by atoms with E-state index in [1.807, 2.05) is 12.1 Å². The lowest BCUT2D eigenvalue weighted by Gasteiger charge is -2.01. The Balaban J connectivity index is 2.07. The summed E-state index contributed by atoms with van der Waals surface area (Å²) in [7, 11) is 0. The number of aromatic nitrogens is 4. The molecule has 19 heavy (non-hydrogen) atoms.